The lowest BCUT2D eigenvalue weighted by Gasteiger charge is -2.16. The third-order valence-corrected chi connectivity index (χ3v) is 2.38. The standard InChI is InChI=1S/C15H22N2O2/c1-10(2)8-18-13-5-12(7-16)6-14(15(13)17)19-9-11(3)4/h5-6,10-11H,8-9,17H2,1-4H3. The molecule has 0 amide bonds. The van der Waals surface area contributed by atoms with Gasteiger partial charge in [-0.25, -0.2) is 0 Å². The highest BCUT2D eigenvalue weighted by Crippen LogP contribution is 2.33. The van der Waals surface area contributed by atoms with E-state index in [1.807, 2.05) is 0 Å². The van der Waals surface area contributed by atoms with E-state index >= 15 is 0 Å². The Balaban J connectivity index is 2.96. The number of nitrogen functional groups attached to an aromatic ring is 1. The van der Waals surface area contributed by atoms with Crippen LogP contribution in [0.15, 0.2) is 12.1 Å². The monoisotopic (exact) mass is 262 g/mol. The first-order chi connectivity index (χ1) is 8.93. The molecule has 0 bridgehead atoms. The van der Waals surface area contributed by atoms with E-state index in [2.05, 4.69) is 33.8 Å². The summed E-state index contributed by atoms with van der Waals surface area (Å²) in [6.45, 7) is 9.34. The maximum atomic E-state index is 9.03. The van der Waals surface area contributed by atoms with Crippen LogP contribution in [0.3, 0.4) is 0 Å². The first-order valence-electron chi connectivity index (χ1n) is 6.53. The SMILES string of the molecule is CC(C)COc1cc(C#N)cc(OCC(C)C)c1N. The number of hydrogen-bond acceptors (Lipinski definition) is 4. The normalized spacial score (nSPS) is 10.6. The van der Waals surface area contributed by atoms with Crippen molar-refractivity contribution in [2.75, 3.05) is 18.9 Å². The highest BCUT2D eigenvalue weighted by molar-refractivity contribution is 5.65. The van der Waals surface area contributed by atoms with Gasteiger partial charge >= 0.3 is 0 Å². The molecule has 1 rings (SSSR count). The predicted octanol–water partition coefficient (Wildman–Crippen LogP) is 3.21. The Morgan fingerprint density at radius 2 is 1.47 bits per heavy atom. The minimum atomic E-state index is 0.394. The Labute approximate surface area is 115 Å². The summed E-state index contributed by atoms with van der Waals surface area (Å²) in [5.74, 6) is 1.83. The van der Waals surface area contributed by atoms with Crippen LogP contribution in [0.5, 0.6) is 11.5 Å². The molecule has 0 radical (unpaired) electrons. The molecule has 0 fully saturated rings. The molecule has 0 saturated carbocycles. The number of benzene rings is 1. The number of rotatable bonds is 6. The molecular formula is C15H22N2O2. The van der Waals surface area contributed by atoms with Gasteiger partial charge in [0.1, 0.15) is 17.2 Å². The van der Waals surface area contributed by atoms with Crippen molar-refractivity contribution >= 4 is 5.69 Å². The summed E-state index contributed by atoms with van der Waals surface area (Å²) in [4.78, 5) is 0. The van der Waals surface area contributed by atoms with Gasteiger partial charge in [-0.3, -0.25) is 0 Å². The largest absolute Gasteiger partial charge is 0.491 e. The van der Waals surface area contributed by atoms with Crippen LogP contribution in [0.1, 0.15) is 33.3 Å². The van der Waals surface area contributed by atoms with Crippen molar-refractivity contribution in [3.63, 3.8) is 0 Å². The summed E-state index contributed by atoms with van der Waals surface area (Å²) in [5, 5.41) is 9.03. The molecule has 0 aliphatic heterocycles. The summed E-state index contributed by atoms with van der Waals surface area (Å²) in [7, 11) is 0. The van der Waals surface area contributed by atoms with Crippen LogP contribution < -0.4 is 15.2 Å². The lowest BCUT2D eigenvalue weighted by Crippen LogP contribution is -2.09. The number of ether oxygens (including phenoxy) is 2. The zero-order chi connectivity index (χ0) is 14.4. The molecule has 0 unspecified atom stereocenters. The molecule has 0 atom stereocenters. The second kappa shape index (κ2) is 6.89. The van der Waals surface area contributed by atoms with Crippen LogP contribution in [0, 0.1) is 23.2 Å². The van der Waals surface area contributed by atoms with Crippen molar-refractivity contribution in [3.8, 4) is 17.6 Å². The van der Waals surface area contributed by atoms with Gasteiger partial charge in [0, 0.05) is 12.1 Å². The molecule has 0 heterocycles. The second-order valence-corrected chi connectivity index (χ2v) is 5.41. The van der Waals surface area contributed by atoms with Gasteiger partial charge in [-0.1, -0.05) is 27.7 Å². The number of nitriles is 1. The van der Waals surface area contributed by atoms with Crippen LogP contribution in [0.25, 0.3) is 0 Å². The molecule has 0 aromatic heterocycles. The van der Waals surface area contributed by atoms with Crippen molar-refractivity contribution in [2.24, 2.45) is 11.8 Å². The van der Waals surface area contributed by atoms with Crippen molar-refractivity contribution in [1.29, 1.82) is 5.26 Å². The average Bonchev–Trinajstić information content (AvgIpc) is 2.35. The fourth-order valence-corrected chi connectivity index (χ4v) is 1.42. The molecule has 1 aromatic carbocycles. The van der Waals surface area contributed by atoms with E-state index < -0.39 is 0 Å². The van der Waals surface area contributed by atoms with Crippen molar-refractivity contribution in [1.82, 2.24) is 0 Å². The maximum Gasteiger partial charge on any atom is 0.147 e. The molecule has 0 saturated heterocycles. The predicted molar refractivity (Wildman–Crippen MR) is 76.2 cm³/mol. The Kier molecular flexibility index (Phi) is 5.50. The highest BCUT2D eigenvalue weighted by Gasteiger charge is 2.12. The van der Waals surface area contributed by atoms with Crippen LogP contribution in [-0.4, -0.2) is 13.2 Å². The first kappa shape index (κ1) is 15.2. The smallest absolute Gasteiger partial charge is 0.147 e. The second-order valence-electron chi connectivity index (χ2n) is 5.41. The lowest BCUT2D eigenvalue weighted by atomic mass is 10.1. The van der Waals surface area contributed by atoms with Crippen molar-refractivity contribution in [3.05, 3.63) is 17.7 Å². The third kappa shape index (κ3) is 4.70. The lowest BCUT2D eigenvalue weighted by molar-refractivity contribution is 0.260. The van der Waals surface area contributed by atoms with Gasteiger partial charge in [-0.15, -0.1) is 0 Å². The summed E-state index contributed by atoms with van der Waals surface area (Å²) in [6.07, 6.45) is 0. The zero-order valence-corrected chi connectivity index (χ0v) is 12.1. The molecule has 1 aromatic rings. The minimum absolute atomic E-state index is 0.394. The van der Waals surface area contributed by atoms with Gasteiger partial charge < -0.3 is 15.2 Å². The van der Waals surface area contributed by atoms with Gasteiger partial charge in [0.15, 0.2) is 0 Å². The molecule has 2 N–H and O–H groups in total. The minimum Gasteiger partial charge on any atom is -0.491 e. The van der Waals surface area contributed by atoms with Crippen molar-refractivity contribution in [2.45, 2.75) is 27.7 Å². The van der Waals surface area contributed by atoms with E-state index in [1.165, 1.54) is 0 Å². The topological polar surface area (TPSA) is 68.3 Å². The van der Waals surface area contributed by atoms with Crippen LogP contribution in [0.4, 0.5) is 5.69 Å². The molecule has 19 heavy (non-hydrogen) atoms. The fourth-order valence-electron chi connectivity index (χ4n) is 1.42. The van der Waals surface area contributed by atoms with E-state index in [1.54, 1.807) is 12.1 Å². The molecule has 4 nitrogen and oxygen atoms in total. The quantitative estimate of drug-likeness (QED) is 0.799. The molecule has 4 heteroatoms. The molecule has 0 spiro atoms. The van der Waals surface area contributed by atoms with Gasteiger partial charge in [-0.2, -0.15) is 5.26 Å². The number of nitrogens with zero attached hydrogens (tertiary/aromatic N) is 1. The summed E-state index contributed by atoms with van der Waals surface area (Å²) in [5.41, 5.74) is 6.97. The summed E-state index contributed by atoms with van der Waals surface area (Å²) < 4.78 is 11.3. The van der Waals surface area contributed by atoms with Gasteiger partial charge in [0.05, 0.1) is 24.8 Å². The fraction of sp³-hybridized carbons (Fsp3) is 0.533. The Morgan fingerprint density at radius 3 is 1.79 bits per heavy atom. The molecule has 0 aliphatic carbocycles. The number of nitrogens with two attached hydrogens (primary N) is 1. The third-order valence-electron chi connectivity index (χ3n) is 2.38. The van der Waals surface area contributed by atoms with E-state index in [-0.39, 0.29) is 0 Å². The van der Waals surface area contributed by atoms with E-state index in [0.717, 1.165) is 0 Å². The Morgan fingerprint density at radius 1 is 1.05 bits per heavy atom. The van der Waals surface area contributed by atoms with Gasteiger partial charge in [0.25, 0.3) is 0 Å². The van der Waals surface area contributed by atoms with E-state index in [4.69, 9.17) is 20.5 Å². The average molecular weight is 262 g/mol. The highest BCUT2D eigenvalue weighted by atomic mass is 16.5. The molecular weight excluding hydrogens is 240 g/mol. The van der Waals surface area contributed by atoms with Crippen molar-refractivity contribution < 1.29 is 9.47 Å². The molecule has 0 aliphatic rings. The Bertz CT molecular complexity index is 429. The number of hydrogen-bond donors (Lipinski definition) is 1. The van der Waals surface area contributed by atoms with Gasteiger partial charge in [0.2, 0.25) is 0 Å². The van der Waals surface area contributed by atoms with Gasteiger partial charge in [-0.05, 0) is 11.8 Å². The summed E-state index contributed by atoms with van der Waals surface area (Å²) in [6, 6.07) is 5.40. The van der Waals surface area contributed by atoms with Crippen LogP contribution in [-0.2, 0) is 0 Å². The maximum absolute atomic E-state index is 9.03. The first-order valence-corrected chi connectivity index (χ1v) is 6.53. The van der Waals surface area contributed by atoms with Crippen LogP contribution in [0.2, 0.25) is 0 Å². The van der Waals surface area contributed by atoms with Crippen LogP contribution >= 0.6 is 0 Å². The zero-order valence-electron chi connectivity index (χ0n) is 12.1. The van der Waals surface area contributed by atoms with E-state index in [9.17, 15) is 0 Å². The molecule has 104 valence electrons. The summed E-state index contributed by atoms with van der Waals surface area (Å²) >= 11 is 0. The number of anilines is 1. The van der Waals surface area contributed by atoms with E-state index in [0.29, 0.717) is 47.8 Å². The Hall–Kier alpha value is -1.89.